The second kappa shape index (κ2) is 74.5. The Kier molecular flexibility index (Phi) is 74.0. The van der Waals surface area contributed by atoms with Crippen LogP contribution in [0, 0.1) is 0 Å². The third kappa shape index (κ3) is 73.5. The van der Waals surface area contributed by atoms with Crippen LogP contribution < -0.4 is 0 Å². The molecule has 0 aliphatic rings. The molecule has 0 spiro atoms. The maximum absolute atomic E-state index is 11.8. The number of hydrogen-bond donors (Lipinski definition) is 0. The van der Waals surface area contributed by atoms with E-state index in [1.807, 2.05) is 0 Å². The van der Waals surface area contributed by atoms with Crippen LogP contribution in [0.5, 0.6) is 0 Å². The first-order chi connectivity index (χ1) is 38.8. The quantitative estimate of drug-likeness (QED) is 0.0448. The van der Waals surface area contributed by atoms with Crippen molar-refractivity contribution in [1.29, 1.82) is 0 Å². The van der Waals surface area contributed by atoms with Gasteiger partial charge in [0.1, 0.15) is 0 Å². The highest BCUT2D eigenvalue weighted by molar-refractivity contribution is 5.69. The van der Waals surface area contributed by atoms with E-state index in [4.69, 9.17) is 4.74 Å². The molecule has 0 amide bonds. The molecule has 468 valence electrons. The van der Waals surface area contributed by atoms with Gasteiger partial charge in [-0.25, -0.2) is 0 Å². The molecule has 0 unspecified atom stereocenters. The number of unbranched alkanes of at least 4 members (excludes halogenated alkanes) is 69. The highest BCUT2D eigenvalue weighted by Gasteiger charge is 2.04. The zero-order valence-electron chi connectivity index (χ0n) is 54.9. The first kappa shape index (κ1) is 77.5. The molecule has 0 aromatic heterocycles. The van der Waals surface area contributed by atoms with Gasteiger partial charge in [-0.3, -0.25) is 4.79 Å². The lowest BCUT2D eigenvalue weighted by molar-refractivity contribution is -0.143. The fraction of sp³-hybridized carbons (Fsp3) is 0.987. The highest BCUT2D eigenvalue weighted by Crippen LogP contribution is 2.21. The molecule has 0 fully saturated rings. The molecule has 0 saturated heterocycles. The molecule has 0 heterocycles. The van der Waals surface area contributed by atoms with Crippen molar-refractivity contribution in [3.05, 3.63) is 0 Å². The first-order valence-electron chi connectivity index (χ1n) is 38.0. The number of carbonyl (C=O) groups is 1. The van der Waals surface area contributed by atoms with Crippen molar-refractivity contribution in [2.45, 2.75) is 476 Å². The lowest BCUT2D eigenvalue weighted by Crippen LogP contribution is -2.05. The monoisotopic (exact) mass is 1100 g/mol. The third-order valence-corrected chi connectivity index (χ3v) is 18.2. The van der Waals surface area contributed by atoms with Gasteiger partial charge in [-0.05, 0) is 12.8 Å². The van der Waals surface area contributed by atoms with Gasteiger partial charge >= 0.3 is 5.97 Å². The van der Waals surface area contributed by atoms with Crippen molar-refractivity contribution in [1.82, 2.24) is 0 Å². The Labute approximate surface area is 495 Å². The second-order valence-electron chi connectivity index (χ2n) is 26.4. The van der Waals surface area contributed by atoms with Crippen LogP contribution in [-0.4, -0.2) is 12.6 Å². The number of carbonyl (C=O) groups excluding carboxylic acids is 1. The van der Waals surface area contributed by atoms with Crippen LogP contribution in [0.3, 0.4) is 0 Å². The predicted octanol–water partition coefficient (Wildman–Crippen LogP) is 28.7. The minimum Gasteiger partial charge on any atom is -0.466 e. The topological polar surface area (TPSA) is 26.3 Å². The Balaban J connectivity index is 3.09. The number of ether oxygens (including phenoxy) is 1. The average molecular weight is 1100 g/mol. The van der Waals surface area contributed by atoms with Gasteiger partial charge in [0.2, 0.25) is 0 Å². The van der Waals surface area contributed by atoms with Crippen molar-refractivity contribution in [2.24, 2.45) is 0 Å². The van der Waals surface area contributed by atoms with Crippen molar-refractivity contribution in [3.8, 4) is 0 Å². The van der Waals surface area contributed by atoms with Gasteiger partial charge < -0.3 is 4.74 Å². The maximum atomic E-state index is 11.8. The molecule has 0 saturated carbocycles. The molecular formula is C76H152O2. The van der Waals surface area contributed by atoms with E-state index in [1.54, 1.807) is 0 Å². The van der Waals surface area contributed by atoms with Crippen molar-refractivity contribution in [2.75, 3.05) is 6.61 Å². The van der Waals surface area contributed by atoms with Crippen LogP contribution in [0.25, 0.3) is 0 Å². The molecule has 0 aromatic rings. The molecule has 0 bridgehead atoms. The van der Waals surface area contributed by atoms with Crippen LogP contribution in [0.15, 0.2) is 0 Å². The van der Waals surface area contributed by atoms with E-state index in [2.05, 4.69) is 13.8 Å². The average Bonchev–Trinajstić information content (AvgIpc) is 3.44. The Morgan fingerprint density at radius 1 is 0.167 bits per heavy atom. The summed E-state index contributed by atoms with van der Waals surface area (Å²) < 4.78 is 5.40. The van der Waals surface area contributed by atoms with Crippen LogP contribution in [0.2, 0.25) is 0 Å². The predicted molar refractivity (Wildman–Crippen MR) is 355 cm³/mol. The summed E-state index contributed by atoms with van der Waals surface area (Å²) in [5, 5.41) is 0. The third-order valence-electron chi connectivity index (χ3n) is 18.2. The van der Waals surface area contributed by atoms with Crippen molar-refractivity contribution < 1.29 is 9.53 Å². The molecular weight excluding hydrogens is 945 g/mol. The number of esters is 1. The lowest BCUT2D eigenvalue weighted by Gasteiger charge is -2.05. The maximum Gasteiger partial charge on any atom is 0.305 e. The van der Waals surface area contributed by atoms with Crippen LogP contribution in [0.4, 0.5) is 0 Å². The number of rotatable bonds is 73. The van der Waals surface area contributed by atoms with Gasteiger partial charge in [0, 0.05) is 6.42 Å². The molecule has 2 heteroatoms. The molecule has 78 heavy (non-hydrogen) atoms. The standard InChI is InChI=1S/C76H152O2/c1-3-5-7-9-10-11-12-13-14-15-16-17-18-19-20-21-22-23-24-25-26-27-28-29-30-31-32-33-34-35-36-37-38-39-40-41-42-43-44-45-46-47-48-49-50-51-52-53-54-55-56-57-58-59-60-61-62-63-64-65-66-67-68-69-71-73-75-78-76(77)74-72-70-8-6-4-2/h3-75H2,1-2H3. The fourth-order valence-corrected chi connectivity index (χ4v) is 12.6. The summed E-state index contributed by atoms with van der Waals surface area (Å²) in [6, 6.07) is 0. The van der Waals surface area contributed by atoms with Gasteiger partial charge in [-0.1, -0.05) is 457 Å². The van der Waals surface area contributed by atoms with E-state index in [9.17, 15) is 4.79 Å². The molecule has 0 N–H and O–H groups in total. The number of hydrogen-bond acceptors (Lipinski definition) is 2. The first-order valence-corrected chi connectivity index (χ1v) is 38.0. The van der Waals surface area contributed by atoms with Gasteiger partial charge in [0.05, 0.1) is 6.61 Å². The summed E-state index contributed by atoms with van der Waals surface area (Å²) >= 11 is 0. The summed E-state index contributed by atoms with van der Waals surface area (Å²) in [6.45, 7) is 5.17. The van der Waals surface area contributed by atoms with Crippen LogP contribution in [0.1, 0.15) is 476 Å². The molecule has 0 radical (unpaired) electrons. The van der Waals surface area contributed by atoms with E-state index < -0.39 is 0 Å². The summed E-state index contributed by atoms with van der Waals surface area (Å²) in [5.41, 5.74) is 0. The normalized spacial score (nSPS) is 11.7. The summed E-state index contributed by atoms with van der Waals surface area (Å²) in [7, 11) is 0. The largest absolute Gasteiger partial charge is 0.466 e. The smallest absolute Gasteiger partial charge is 0.305 e. The second-order valence-corrected chi connectivity index (χ2v) is 26.4. The molecule has 0 rings (SSSR count). The van der Waals surface area contributed by atoms with Crippen LogP contribution >= 0.6 is 0 Å². The Morgan fingerprint density at radius 2 is 0.282 bits per heavy atom. The summed E-state index contributed by atoms with van der Waals surface area (Å²) in [4.78, 5) is 11.8. The Bertz CT molecular complexity index is 1020. The molecule has 2 nitrogen and oxygen atoms in total. The zero-order chi connectivity index (χ0) is 55.9. The van der Waals surface area contributed by atoms with Gasteiger partial charge in [0.25, 0.3) is 0 Å². The zero-order valence-corrected chi connectivity index (χ0v) is 54.9. The summed E-state index contributed by atoms with van der Waals surface area (Å²) in [6.07, 6.45) is 103. The highest BCUT2D eigenvalue weighted by atomic mass is 16.5. The van der Waals surface area contributed by atoms with Gasteiger partial charge in [-0.15, -0.1) is 0 Å². The van der Waals surface area contributed by atoms with E-state index in [1.165, 1.54) is 443 Å². The minimum absolute atomic E-state index is 0.0184. The van der Waals surface area contributed by atoms with Crippen molar-refractivity contribution >= 4 is 5.97 Å². The molecule has 0 atom stereocenters. The fourth-order valence-electron chi connectivity index (χ4n) is 12.6. The van der Waals surface area contributed by atoms with E-state index >= 15 is 0 Å². The van der Waals surface area contributed by atoms with E-state index in [0.717, 1.165) is 12.8 Å². The summed E-state index contributed by atoms with van der Waals surface area (Å²) in [5.74, 6) is 0.0184. The SMILES string of the molecule is CCCCCCCCCCCCCCCCCCCCCCCCCCCCCCCCCCCCCCCCCCCCCCCCCCCCCCCCCCCCCCCCCCCCOC(=O)CCCCCCC. The molecule has 0 aliphatic carbocycles. The van der Waals surface area contributed by atoms with E-state index in [-0.39, 0.29) is 5.97 Å². The Morgan fingerprint density at radius 3 is 0.423 bits per heavy atom. The molecule has 0 aromatic carbocycles. The van der Waals surface area contributed by atoms with Gasteiger partial charge in [-0.2, -0.15) is 0 Å². The van der Waals surface area contributed by atoms with Crippen molar-refractivity contribution in [3.63, 3.8) is 0 Å². The minimum atomic E-state index is 0.0184. The van der Waals surface area contributed by atoms with Crippen LogP contribution in [-0.2, 0) is 9.53 Å². The van der Waals surface area contributed by atoms with Gasteiger partial charge in [0.15, 0.2) is 0 Å². The molecule has 0 aliphatic heterocycles. The Hall–Kier alpha value is -0.530. The van der Waals surface area contributed by atoms with E-state index in [0.29, 0.717) is 13.0 Å². The lowest BCUT2D eigenvalue weighted by atomic mass is 10.0.